The maximum absolute atomic E-state index is 12.9. The highest BCUT2D eigenvalue weighted by Crippen LogP contribution is 2.29. The van der Waals surface area contributed by atoms with Gasteiger partial charge in [0.05, 0.1) is 10.9 Å². The molecule has 0 unspecified atom stereocenters. The summed E-state index contributed by atoms with van der Waals surface area (Å²) >= 11 is 0. The molecule has 1 amide bonds. The molecule has 1 heterocycles. The Hall–Kier alpha value is -2.96. The Bertz CT molecular complexity index is 1080. The van der Waals surface area contributed by atoms with Crippen LogP contribution in [0.2, 0.25) is 0 Å². The van der Waals surface area contributed by atoms with Crippen molar-refractivity contribution in [3.05, 3.63) is 102 Å². The van der Waals surface area contributed by atoms with Gasteiger partial charge >= 0.3 is 0 Å². The molecule has 6 heteroatoms. The lowest BCUT2D eigenvalue weighted by Gasteiger charge is -2.39. The van der Waals surface area contributed by atoms with Crippen LogP contribution < -0.4 is 0 Å². The van der Waals surface area contributed by atoms with Crippen LogP contribution in [0.25, 0.3) is 0 Å². The van der Waals surface area contributed by atoms with Crippen LogP contribution >= 0.6 is 0 Å². The number of carbonyl (C=O) groups excluding carboxylic acids is 1. The molecule has 0 aliphatic carbocycles. The standard InChI is InChI=1S/C25H26N2O3S/c1-31(29,30)23-14-12-22(13-15-23)25(28)27-18-16-26(17-19-27)24(20-8-4-2-5-9-20)21-10-6-3-7-11-21/h2-15,24H,16-19H2,1H3. The molecule has 160 valence electrons. The monoisotopic (exact) mass is 434 g/mol. The van der Waals surface area contributed by atoms with Crippen LogP contribution in [0.3, 0.4) is 0 Å². The molecule has 1 saturated heterocycles. The molecule has 0 bridgehead atoms. The van der Waals surface area contributed by atoms with E-state index in [0.717, 1.165) is 13.1 Å². The number of amides is 1. The summed E-state index contributed by atoms with van der Waals surface area (Å²) in [6.45, 7) is 2.79. The molecule has 0 saturated carbocycles. The van der Waals surface area contributed by atoms with E-state index in [1.807, 2.05) is 17.0 Å². The fourth-order valence-corrected chi connectivity index (χ4v) is 4.73. The van der Waals surface area contributed by atoms with Gasteiger partial charge in [-0.05, 0) is 35.4 Å². The summed E-state index contributed by atoms with van der Waals surface area (Å²) < 4.78 is 23.3. The molecular formula is C25H26N2O3S. The van der Waals surface area contributed by atoms with Crippen molar-refractivity contribution in [1.82, 2.24) is 9.80 Å². The molecule has 1 fully saturated rings. The molecule has 0 spiro atoms. The van der Waals surface area contributed by atoms with Crippen LogP contribution in [0.5, 0.6) is 0 Å². The predicted molar refractivity (Wildman–Crippen MR) is 122 cm³/mol. The van der Waals surface area contributed by atoms with E-state index in [9.17, 15) is 13.2 Å². The first-order chi connectivity index (χ1) is 14.9. The van der Waals surface area contributed by atoms with E-state index in [-0.39, 0.29) is 16.8 Å². The normalized spacial score (nSPS) is 15.2. The Morgan fingerprint density at radius 1 is 0.742 bits per heavy atom. The van der Waals surface area contributed by atoms with Crippen molar-refractivity contribution in [3.8, 4) is 0 Å². The largest absolute Gasteiger partial charge is 0.336 e. The summed E-state index contributed by atoms with van der Waals surface area (Å²) in [6.07, 6.45) is 1.17. The molecule has 5 nitrogen and oxygen atoms in total. The van der Waals surface area contributed by atoms with Crippen molar-refractivity contribution < 1.29 is 13.2 Å². The summed E-state index contributed by atoms with van der Waals surface area (Å²) in [4.78, 5) is 17.4. The van der Waals surface area contributed by atoms with Crippen LogP contribution in [-0.2, 0) is 9.84 Å². The molecule has 0 atom stereocenters. The zero-order valence-electron chi connectivity index (χ0n) is 17.5. The van der Waals surface area contributed by atoms with E-state index in [0.29, 0.717) is 18.7 Å². The van der Waals surface area contributed by atoms with Gasteiger partial charge in [0.25, 0.3) is 5.91 Å². The smallest absolute Gasteiger partial charge is 0.253 e. The lowest BCUT2D eigenvalue weighted by molar-refractivity contribution is 0.0597. The summed E-state index contributed by atoms with van der Waals surface area (Å²) in [5, 5.41) is 0. The van der Waals surface area contributed by atoms with Crippen LogP contribution in [0.15, 0.2) is 89.8 Å². The fourth-order valence-electron chi connectivity index (χ4n) is 4.10. The molecule has 4 rings (SSSR count). The summed E-state index contributed by atoms with van der Waals surface area (Å²) in [5.41, 5.74) is 3.00. The number of piperazine rings is 1. The van der Waals surface area contributed by atoms with Crippen molar-refractivity contribution in [1.29, 1.82) is 0 Å². The number of carbonyl (C=O) groups is 1. The molecule has 1 aliphatic rings. The quantitative estimate of drug-likeness (QED) is 0.615. The van der Waals surface area contributed by atoms with E-state index in [1.54, 1.807) is 12.1 Å². The minimum Gasteiger partial charge on any atom is -0.336 e. The van der Waals surface area contributed by atoms with Crippen molar-refractivity contribution >= 4 is 15.7 Å². The molecule has 31 heavy (non-hydrogen) atoms. The molecule has 0 N–H and O–H groups in total. The zero-order chi connectivity index (χ0) is 21.8. The number of sulfone groups is 1. The van der Waals surface area contributed by atoms with Crippen LogP contribution in [0.4, 0.5) is 0 Å². The van der Waals surface area contributed by atoms with Gasteiger partial charge in [0.2, 0.25) is 0 Å². The molecule has 0 radical (unpaired) electrons. The Labute approximate surface area is 183 Å². The molecule has 1 aliphatic heterocycles. The van der Waals surface area contributed by atoms with Crippen molar-refractivity contribution in [2.75, 3.05) is 32.4 Å². The van der Waals surface area contributed by atoms with E-state index in [4.69, 9.17) is 0 Å². The first-order valence-electron chi connectivity index (χ1n) is 10.4. The molecular weight excluding hydrogens is 408 g/mol. The van der Waals surface area contributed by atoms with Gasteiger partial charge < -0.3 is 4.90 Å². The van der Waals surface area contributed by atoms with Gasteiger partial charge in [0.1, 0.15) is 0 Å². The number of benzene rings is 3. The Morgan fingerprint density at radius 2 is 1.23 bits per heavy atom. The fraction of sp³-hybridized carbons (Fsp3) is 0.240. The highest BCUT2D eigenvalue weighted by atomic mass is 32.2. The summed E-state index contributed by atoms with van der Waals surface area (Å²) in [7, 11) is -3.27. The first-order valence-corrected chi connectivity index (χ1v) is 12.3. The predicted octanol–water partition coefficient (Wildman–Crippen LogP) is 3.64. The second-order valence-electron chi connectivity index (χ2n) is 7.85. The maximum atomic E-state index is 12.9. The second kappa shape index (κ2) is 9.04. The third kappa shape index (κ3) is 4.86. The van der Waals surface area contributed by atoms with Gasteiger partial charge in [-0.15, -0.1) is 0 Å². The van der Waals surface area contributed by atoms with E-state index in [2.05, 4.69) is 53.4 Å². The van der Waals surface area contributed by atoms with E-state index >= 15 is 0 Å². The van der Waals surface area contributed by atoms with Crippen molar-refractivity contribution in [2.45, 2.75) is 10.9 Å². The number of nitrogens with zero attached hydrogens (tertiary/aromatic N) is 2. The van der Waals surface area contributed by atoms with Gasteiger partial charge in [-0.2, -0.15) is 0 Å². The maximum Gasteiger partial charge on any atom is 0.253 e. The van der Waals surface area contributed by atoms with E-state index < -0.39 is 9.84 Å². The lowest BCUT2D eigenvalue weighted by atomic mass is 9.96. The van der Waals surface area contributed by atoms with E-state index in [1.165, 1.54) is 29.5 Å². The minimum atomic E-state index is -3.27. The summed E-state index contributed by atoms with van der Waals surface area (Å²) in [5.74, 6) is -0.0596. The summed E-state index contributed by atoms with van der Waals surface area (Å²) in [6, 6.07) is 27.2. The van der Waals surface area contributed by atoms with Crippen LogP contribution in [0, 0.1) is 0 Å². The third-order valence-electron chi connectivity index (χ3n) is 5.73. The highest BCUT2D eigenvalue weighted by molar-refractivity contribution is 7.90. The average molecular weight is 435 g/mol. The average Bonchev–Trinajstić information content (AvgIpc) is 2.80. The molecule has 3 aromatic carbocycles. The van der Waals surface area contributed by atoms with Crippen molar-refractivity contribution in [2.24, 2.45) is 0 Å². The second-order valence-corrected chi connectivity index (χ2v) is 9.86. The number of hydrogen-bond donors (Lipinski definition) is 0. The molecule has 3 aromatic rings. The van der Waals surface area contributed by atoms with Gasteiger partial charge in [-0.3, -0.25) is 9.69 Å². The Kier molecular flexibility index (Phi) is 6.20. The number of rotatable bonds is 5. The van der Waals surface area contributed by atoms with Crippen LogP contribution in [0.1, 0.15) is 27.5 Å². The highest BCUT2D eigenvalue weighted by Gasteiger charge is 2.28. The minimum absolute atomic E-state index is 0.0596. The van der Waals surface area contributed by atoms with Gasteiger partial charge in [-0.1, -0.05) is 60.7 Å². The molecule has 0 aromatic heterocycles. The first kappa shape index (κ1) is 21.3. The topological polar surface area (TPSA) is 57.7 Å². The lowest BCUT2D eigenvalue weighted by Crippen LogP contribution is -2.49. The van der Waals surface area contributed by atoms with Gasteiger partial charge in [0.15, 0.2) is 9.84 Å². The van der Waals surface area contributed by atoms with Gasteiger partial charge in [0, 0.05) is 38.0 Å². The zero-order valence-corrected chi connectivity index (χ0v) is 18.3. The van der Waals surface area contributed by atoms with Gasteiger partial charge in [-0.25, -0.2) is 8.42 Å². The Morgan fingerprint density at radius 3 is 1.68 bits per heavy atom. The van der Waals surface area contributed by atoms with Crippen molar-refractivity contribution in [3.63, 3.8) is 0 Å². The third-order valence-corrected chi connectivity index (χ3v) is 6.86. The number of hydrogen-bond acceptors (Lipinski definition) is 4. The SMILES string of the molecule is CS(=O)(=O)c1ccc(C(=O)N2CCN(C(c3ccccc3)c3ccccc3)CC2)cc1. The van der Waals surface area contributed by atoms with Crippen LogP contribution in [-0.4, -0.2) is 56.6 Å². The Balaban J connectivity index is 1.48.